The highest BCUT2D eigenvalue weighted by atomic mass is 79.9. The molecule has 0 bridgehead atoms. The molecule has 0 saturated carbocycles. The fourth-order valence-corrected chi connectivity index (χ4v) is 1.32. The van der Waals surface area contributed by atoms with Crippen molar-refractivity contribution in [3.8, 4) is 0 Å². The molecule has 1 aromatic rings. The van der Waals surface area contributed by atoms with E-state index in [1.54, 1.807) is 6.07 Å². The highest BCUT2D eigenvalue weighted by molar-refractivity contribution is 9.10. The number of pyridine rings is 1. The van der Waals surface area contributed by atoms with E-state index in [-0.39, 0.29) is 0 Å². The Bertz CT molecular complexity index is 239. The van der Waals surface area contributed by atoms with E-state index in [0.717, 1.165) is 10.2 Å². The Morgan fingerprint density at radius 1 is 1.50 bits per heavy atom. The lowest BCUT2D eigenvalue weighted by molar-refractivity contribution is 1.18. The summed E-state index contributed by atoms with van der Waals surface area (Å²) in [7, 11) is 0. The molecular formula is C6H4BrCl2N. The Morgan fingerprint density at radius 3 is 2.60 bits per heavy atom. The number of hydrogen-bond donors (Lipinski definition) is 0. The van der Waals surface area contributed by atoms with Gasteiger partial charge in [-0.25, -0.2) is 4.98 Å². The zero-order chi connectivity index (χ0) is 7.72. The summed E-state index contributed by atoms with van der Waals surface area (Å²) in [5, 5.41) is 1.02. The summed E-state index contributed by atoms with van der Waals surface area (Å²) in [6.45, 7) is 1.84. The molecule has 0 saturated heterocycles. The molecule has 0 amide bonds. The smallest absolute Gasteiger partial charge is 0.130 e. The first-order chi connectivity index (χ1) is 4.61. The second-order valence-corrected chi connectivity index (χ2v) is 3.41. The van der Waals surface area contributed by atoms with Crippen molar-refractivity contribution in [1.82, 2.24) is 4.98 Å². The first-order valence-electron chi connectivity index (χ1n) is 2.59. The van der Waals surface area contributed by atoms with E-state index in [9.17, 15) is 0 Å². The molecule has 0 fully saturated rings. The van der Waals surface area contributed by atoms with Crippen LogP contribution in [0.4, 0.5) is 0 Å². The maximum Gasteiger partial charge on any atom is 0.130 e. The molecule has 0 spiro atoms. The fourth-order valence-electron chi connectivity index (χ4n) is 0.582. The lowest BCUT2D eigenvalue weighted by atomic mass is 10.4. The average Bonchev–Trinajstić information content (AvgIpc) is 1.82. The molecule has 1 aromatic heterocycles. The lowest BCUT2D eigenvalue weighted by Gasteiger charge is -1.98. The minimum Gasteiger partial charge on any atom is -0.240 e. The van der Waals surface area contributed by atoms with Crippen LogP contribution in [-0.4, -0.2) is 4.98 Å². The summed E-state index contributed by atoms with van der Waals surface area (Å²) in [5.41, 5.74) is 0.803. The Labute approximate surface area is 77.5 Å². The summed E-state index contributed by atoms with van der Waals surface area (Å²) >= 11 is 14.6. The molecule has 0 atom stereocenters. The van der Waals surface area contributed by atoms with Gasteiger partial charge in [-0.2, -0.15) is 0 Å². The van der Waals surface area contributed by atoms with E-state index in [1.165, 1.54) is 0 Å². The van der Waals surface area contributed by atoms with E-state index < -0.39 is 0 Å². The van der Waals surface area contributed by atoms with E-state index >= 15 is 0 Å². The molecule has 4 heteroatoms. The minimum atomic E-state index is 0.422. The van der Waals surface area contributed by atoms with Gasteiger partial charge in [0.25, 0.3) is 0 Å². The zero-order valence-electron chi connectivity index (χ0n) is 5.16. The number of rotatable bonds is 0. The lowest BCUT2D eigenvalue weighted by Crippen LogP contribution is -1.83. The van der Waals surface area contributed by atoms with Crippen LogP contribution in [0.2, 0.25) is 10.2 Å². The first-order valence-corrected chi connectivity index (χ1v) is 4.14. The van der Waals surface area contributed by atoms with Crippen molar-refractivity contribution in [2.24, 2.45) is 0 Å². The number of nitrogens with zero attached hydrogens (tertiary/aromatic N) is 1. The molecule has 10 heavy (non-hydrogen) atoms. The van der Waals surface area contributed by atoms with Crippen molar-refractivity contribution >= 4 is 39.1 Å². The van der Waals surface area contributed by atoms with Crippen LogP contribution in [0.5, 0.6) is 0 Å². The van der Waals surface area contributed by atoms with Gasteiger partial charge in [0.1, 0.15) is 5.15 Å². The van der Waals surface area contributed by atoms with Crippen molar-refractivity contribution in [2.75, 3.05) is 0 Å². The quantitative estimate of drug-likeness (QED) is 0.633. The SMILES string of the molecule is Cc1nc(Cl)cc(Cl)c1Br. The zero-order valence-corrected chi connectivity index (χ0v) is 8.26. The molecule has 0 radical (unpaired) electrons. The van der Waals surface area contributed by atoms with Gasteiger partial charge in [-0.1, -0.05) is 23.2 Å². The molecule has 0 aliphatic rings. The van der Waals surface area contributed by atoms with E-state index in [1.807, 2.05) is 6.92 Å². The van der Waals surface area contributed by atoms with Gasteiger partial charge in [0.05, 0.1) is 15.2 Å². The van der Waals surface area contributed by atoms with E-state index in [0.29, 0.717) is 10.2 Å². The predicted molar refractivity (Wildman–Crippen MR) is 46.7 cm³/mol. The van der Waals surface area contributed by atoms with Crippen LogP contribution >= 0.6 is 39.1 Å². The van der Waals surface area contributed by atoms with Gasteiger partial charge in [-0.3, -0.25) is 0 Å². The van der Waals surface area contributed by atoms with Crippen LogP contribution in [0.1, 0.15) is 5.69 Å². The highest BCUT2D eigenvalue weighted by Crippen LogP contribution is 2.26. The van der Waals surface area contributed by atoms with Gasteiger partial charge in [0.2, 0.25) is 0 Å². The third-order valence-corrected chi connectivity index (χ3v) is 2.77. The molecule has 0 N–H and O–H groups in total. The van der Waals surface area contributed by atoms with Crippen molar-refractivity contribution in [3.05, 3.63) is 26.4 Å². The molecule has 54 valence electrons. The fraction of sp³-hybridized carbons (Fsp3) is 0.167. The van der Waals surface area contributed by atoms with Gasteiger partial charge in [-0.15, -0.1) is 0 Å². The van der Waals surface area contributed by atoms with Gasteiger partial charge < -0.3 is 0 Å². The molecule has 0 aliphatic heterocycles. The maximum atomic E-state index is 5.75. The Morgan fingerprint density at radius 2 is 2.10 bits per heavy atom. The normalized spacial score (nSPS) is 10.0. The Hall–Kier alpha value is 0.210. The topological polar surface area (TPSA) is 12.9 Å². The molecule has 1 nitrogen and oxygen atoms in total. The van der Waals surface area contributed by atoms with Crippen LogP contribution in [0.3, 0.4) is 0 Å². The summed E-state index contributed by atoms with van der Waals surface area (Å²) < 4.78 is 0.804. The third-order valence-electron chi connectivity index (χ3n) is 1.05. The van der Waals surface area contributed by atoms with Crippen molar-refractivity contribution in [1.29, 1.82) is 0 Å². The van der Waals surface area contributed by atoms with Crippen molar-refractivity contribution < 1.29 is 0 Å². The van der Waals surface area contributed by atoms with Gasteiger partial charge in [-0.05, 0) is 28.9 Å². The van der Waals surface area contributed by atoms with Gasteiger partial charge >= 0.3 is 0 Å². The first kappa shape index (κ1) is 8.31. The Kier molecular flexibility index (Phi) is 2.55. The highest BCUT2D eigenvalue weighted by Gasteiger charge is 2.02. The van der Waals surface area contributed by atoms with Crippen LogP contribution in [0, 0.1) is 6.92 Å². The predicted octanol–water partition coefficient (Wildman–Crippen LogP) is 3.46. The molecule has 0 aliphatic carbocycles. The molecular weight excluding hydrogens is 237 g/mol. The summed E-state index contributed by atoms with van der Waals surface area (Å²) in [6.07, 6.45) is 0. The van der Waals surface area contributed by atoms with E-state index in [2.05, 4.69) is 20.9 Å². The molecule has 1 heterocycles. The molecule has 1 rings (SSSR count). The largest absolute Gasteiger partial charge is 0.240 e. The average molecular weight is 241 g/mol. The van der Waals surface area contributed by atoms with E-state index in [4.69, 9.17) is 23.2 Å². The Balaban J connectivity index is 3.31. The molecule has 0 unspecified atom stereocenters. The number of halogens is 3. The van der Waals surface area contributed by atoms with Crippen molar-refractivity contribution in [2.45, 2.75) is 6.92 Å². The standard InChI is InChI=1S/C6H4BrCl2N/c1-3-6(7)4(8)2-5(9)10-3/h2H,1H3. The van der Waals surface area contributed by atoms with Gasteiger partial charge in [0, 0.05) is 0 Å². The van der Waals surface area contributed by atoms with Crippen molar-refractivity contribution in [3.63, 3.8) is 0 Å². The second kappa shape index (κ2) is 3.07. The van der Waals surface area contributed by atoms with Crippen LogP contribution in [0.25, 0.3) is 0 Å². The van der Waals surface area contributed by atoms with Gasteiger partial charge in [0.15, 0.2) is 0 Å². The van der Waals surface area contributed by atoms with Crippen LogP contribution in [-0.2, 0) is 0 Å². The third kappa shape index (κ3) is 1.62. The number of hydrogen-bond acceptors (Lipinski definition) is 1. The summed E-state index contributed by atoms with van der Waals surface area (Å²) in [5.74, 6) is 0. The summed E-state index contributed by atoms with van der Waals surface area (Å²) in [6, 6.07) is 1.60. The monoisotopic (exact) mass is 239 g/mol. The maximum absolute atomic E-state index is 5.75. The summed E-state index contributed by atoms with van der Waals surface area (Å²) in [4.78, 5) is 3.97. The number of aromatic nitrogens is 1. The second-order valence-electron chi connectivity index (χ2n) is 1.83. The minimum absolute atomic E-state index is 0.422. The number of aryl methyl sites for hydroxylation is 1. The van der Waals surface area contributed by atoms with Crippen LogP contribution < -0.4 is 0 Å². The molecule has 0 aromatic carbocycles. The van der Waals surface area contributed by atoms with Crippen LogP contribution in [0.15, 0.2) is 10.5 Å².